The van der Waals surface area contributed by atoms with Gasteiger partial charge in [0.2, 0.25) is 0 Å². The van der Waals surface area contributed by atoms with Crippen molar-refractivity contribution in [2.75, 3.05) is 24.1 Å². The molecule has 2 fully saturated rings. The molecule has 16 heavy (non-hydrogen) atoms. The topological polar surface area (TPSA) is 67.1 Å². The van der Waals surface area contributed by atoms with Crippen LogP contribution in [0, 0.1) is 0 Å². The summed E-state index contributed by atoms with van der Waals surface area (Å²) in [4.78, 5) is 10.9. The number of nitrogen functional groups attached to an aromatic ring is 1. The highest BCUT2D eigenvalue weighted by molar-refractivity contribution is 5.39. The summed E-state index contributed by atoms with van der Waals surface area (Å²) in [6.07, 6.45) is 7.13. The van der Waals surface area contributed by atoms with Crippen LogP contribution in [-0.2, 0) is 0 Å². The monoisotopic (exact) mass is 219 g/mol. The Hall–Kier alpha value is -1.36. The van der Waals surface area contributed by atoms with Gasteiger partial charge in [-0.3, -0.25) is 9.88 Å². The zero-order valence-corrected chi connectivity index (χ0v) is 9.26. The average molecular weight is 219 g/mol. The Morgan fingerprint density at radius 1 is 1.31 bits per heavy atom. The first kappa shape index (κ1) is 9.84. The summed E-state index contributed by atoms with van der Waals surface area (Å²) >= 11 is 0. The van der Waals surface area contributed by atoms with Crippen molar-refractivity contribution in [2.24, 2.45) is 0 Å². The molecule has 3 heterocycles. The number of nitrogens with two attached hydrogens (primary N) is 1. The zero-order chi connectivity index (χ0) is 11.0. The van der Waals surface area contributed by atoms with Gasteiger partial charge in [-0.1, -0.05) is 0 Å². The Morgan fingerprint density at radius 3 is 3.12 bits per heavy atom. The number of fused-ring (bicyclic) bond motifs is 1. The Bertz CT molecular complexity index is 380. The van der Waals surface area contributed by atoms with E-state index in [0.29, 0.717) is 17.9 Å². The van der Waals surface area contributed by atoms with Crippen molar-refractivity contribution in [2.45, 2.75) is 31.3 Å². The van der Waals surface area contributed by atoms with E-state index in [9.17, 15) is 0 Å². The predicted octanol–water partition coefficient (Wildman–Crippen LogP) is 0.707. The van der Waals surface area contributed by atoms with Crippen LogP contribution in [0.4, 0.5) is 11.6 Å². The van der Waals surface area contributed by atoms with E-state index < -0.39 is 0 Å². The van der Waals surface area contributed by atoms with Gasteiger partial charge in [0, 0.05) is 18.6 Å². The standard InChI is InChI=1S/C11H17N5/c12-10-6-13-7-11(15-10)14-8-3-5-16-4-1-2-9(8)16/h6-9H,1-5H2,(H3,12,14,15). The molecule has 0 saturated carbocycles. The molecule has 0 amide bonds. The molecule has 2 unspecified atom stereocenters. The second-order valence-corrected chi connectivity index (χ2v) is 4.61. The maximum Gasteiger partial charge on any atom is 0.147 e. The molecule has 2 aliphatic rings. The lowest BCUT2D eigenvalue weighted by atomic mass is 10.1. The third-order valence-corrected chi connectivity index (χ3v) is 3.59. The van der Waals surface area contributed by atoms with Gasteiger partial charge in [-0.15, -0.1) is 0 Å². The van der Waals surface area contributed by atoms with Crippen molar-refractivity contribution < 1.29 is 0 Å². The van der Waals surface area contributed by atoms with Crippen LogP contribution < -0.4 is 11.1 Å². The van der Waals surface area contributed by atoms with E-state index >= 15 is 0 Å². The van der Waals surface area contributed by atoms with E-state index in [-0.39, 0.29) is 0 Å². The van der Waals surface area contributed by atoms with Gasteiger partial charge in [0.05, 0.1) is 12.4 Å². The van der Waals surface area contributed by atoms with Crippen molar-refractivity contribution in [1.29, 1.82) is 0 Å². The van der Waals surface area contributed by atoms with Crippen LogP contribution in [0.15, 0.2) is 12.4 Å². The molecular formula is C11H17N5. The van der Waals surface area contributed by atoms with Crippen LogP contribution >= 0.6 is 0 Å². The molecule has 5 nitrogen and oxygen atoms in total. The summed E-state index contributed by atoms with van der Waals surface area (Å²) in [5.41, 5.74) is 5.62. The predicted molar refractivity (Wildman–Crippen MR) is 63.1 cm³/mol. The van der Waals surface area contributed by atoms with Crippen molar-refractivity contribution in [3.63, 3.8) is 0 Å². The first-order chi connectivity index (χ1) is 7.83. The molecule has 2 aliphatic heterocycles. The first-order valence-corrected chi connectivity index (χ1v) is 5.91. The van der Waals surface area contributed by atoms with E-state index in [1.54, 1.807) is 12.4 Å². The van der Waals surface area contributed by atoms with E-state index in [0.717, 1.165) is 5.82 Å². The van der Waals surface area contributed by atoms with Crippen LogP contribution in [0.1, 0.15) is 19.3 Å². The van der Waals surface area contributed by atoms with Crippen LogP contribution in [0.2, 0.25) is 0 Å². The molecule has 5 heteroatoms. The number of nitrogens with one attached hydrogen (secondary N) is 1. The second-order valence-electron chi connectivity index (χ2n) is 4.61. The highest BCUT2D eigenvalue weighted by Crippen LogP contribution is 2.29. The lowest BCUT2D eigenvalue weighted by Crippen LogP contribution is -2.34. The van der Waals surface area contributed by atoms with Crippen LogP contribution in [0.5, 0.6) is 0 Å². The van der Waals surface area contributed by atoms with Crippen molar-refractivity contribution in [3.05, 3.63) is 12.4 Å². The lowest BCUT2D eigenvalue weighted by molar-refractivity contribution is 0.318. The van der Waals surface area contributed by atoms with E-state index in [1.165, 1.54) is 32.4 Å². The summed E-state index contributed by atoms with van der Waals surface area (Å²) in [7, 11) is 0. The fraction of sp³-hybridized carbons (Fsp3) is 0.636. The van der Waals surface area contributed by atoms with Crippen molar-refractivity contribution in [1.82, 2.24) is 14.9 Å². The minimum atomic E-state index is 0.478. The van der Waals surface area contributed by atoms with Gasteiger partial charge < -0.3 is 11.1 Å². The van der Waals surface area contributed by atoms with E-state index in [4.69, 9.17) is 5.73 Å². The van der Waals surface area contributed by atoms with Crippen molar-refractivity contribution >= 4 is 11.6 Å². The van der Waals surface area contributed by atoms with Crippen LogP contribution in [-0.4, -0.2) is 40.0 Å². The summed E-state index contributed by atoms with van der Waals surface area (Å²) in [5, 5.41) is 3.46. The fourth-order valence-corrected chi connectivity index (χ4v) is 2.89. The van der Waals surface area contributed by atoms with E-state index in [2.05, 4.69) is 20.2 Å². The maximum absolute atomic E-state index is 5.62. The Kier molecular flexibility index (Phi) is 2.40. The van der Waals surface area contributed by atoms with Gasteiger partial charge in [0.15, 0.2) is 0 Å². The molecule has 0 bridgehead atoms. The highest BCUT2D eigenvalue weighted by atomic mass is 15.2. The smallest absolute Gasteiger partial charge is 0.147 e. The molecule has 2 saturated heterocycles. The minimum Gasteiger partial charge on any atom is -0.382 e. The first-order valence-electron chi connectivity index (χ1n) is 5.91. The molecular weight excluding hydrogens is 202 g/mol. The molecule has 1 aromatic heterocycles. The largest absolute Gasteiger partial charge is 0.382 e. The summed E-state index contributed by atoms with van der Waals surface area (Å²) in [6.45, 7) is 2.46. The SMILES string of the molecule is Nc1cncc(NC2CCN3CCCC23)n1. The number of rotatable bonds is 2. The molecule has 1 aromatic rings. The number of aromatic nitrogens is 2. The molecule has 86 valence electrons. The number of hydrogen-bond acceptors (Lipinski definition) is 5. The third-order valence-electron chi connectivity index (χ3n) is 3.59. The molecule has 0 radical (unpaired) electrons. The van der Waals surface area contributed by atoms with Gasteiger partial charge in [0.25, 0.3) is 0 Å². The number of nitrogens with zero attached hydrogens (tertiary/aromatic N) is 3. The summed E-state index contributed by atoms with van der Waals surface area (Å²) in [5.74, 6) is 1.28. The van der Waals surface area contributed by atoms with Crippen molar-refractivity contribution in [3.8, 4) is 0 Å². The highest BCUT2D eigenvalue weighted by Gasteiger charge is 2.37. The van der Waals surface area contributed by atoms with Gasteiger partial charge in [-0.05, 0) is 25.8 Å². The van der Waals surface area contributed by atoms with Gasteiger partial charge in [-0.2, -0.15) is 0 Å². The van der Waals surface area contributed by atoms with E-state index in [1.807, 2.05) is 0 Å². The second kappa shape index (κ2) is 3.90. The van der Waals surface area contributed by atoms with Crippen LogP contribution in [0.3, 0.4) is 0 Å². The third kappa shape index (κ3) is 1.71. The molecule has 3 N–H and O–H groups in total. The Morgan fingerprint density at radius 2 is 2.25 bits per heavy atom. The minimum absolute atomic E-state index is 0.478. The average Bonchev–Trinajstić information content (AvgIpc) is 2.83. The van der Waals surface area contributed by atoms with Crippen LogP contribution in [0.25, 0.3) is 0 Å². The fourth-order valence-electron chi connectivity index (χ4n) is 2.89. The number of anilines is 2. The molecule has 3 rings (SSSR count). The normalized spacial score (nSPS) is 29.2. The van der Waals surface area contributed by atoms with Gasteiger partial charge >= 0.3 is 0 Å². The lowest BCUT2D eigenvalue weighted by Gasteiger charge is -2.21. The molecule has 0 aliphatic carbocycles. The number of hydrogen-bond donors (Lipinski definition) is 2. The zero-order valence-electron chi connectivity index (χ0n) is 9.26. The molecule has 2 atom stereocenters. The summed E-state index contributed by atoms with van der Waals surface area (Å²) in [6, 6.07) is 1.20. The Labute approximate surface area is 95.1 Å². The maximum atomic E-state index is 5.62. The Balaban J connectivity index is 1.71. The molecule has 0 aromatic carbocycles. The summed E-state index contributed by atoms with van der Waals surface area (Å²) < 4.78 is 0. The van der Waals surface area contributed by atoms with Gasteiger partial charge in [0.1, 0.15) is 11.6 Å². The van der Waals surface area contributed by atoms with Gasteiger partial charge in [-0.25, -0.2) is 4.98 Å². The molecule has 0 spiro atoms. The quantitative estimate of drug-likeness (QED) is 0.766.